The van der Waals surface area contributed by atoms with Crippen molar-refractivity contribution in [2.75, 3.05) is 20.1 Å². The molecule has 5 heteroatoms. The van der Waals surface area contributed by atoms with Crippen molar-refractivity contribution in [1.82, 2.24) is 9.80 Å². The fraction of sp³-hybridized carbons (Fsp3) is 0.647. The highest BCUT2D eigenvalue weighted by Gasteiger charge is 2.41. The predicted molar refractivity (Wildman–Crippen MR) is 87.5 cm³/mol. The van der Waals surface area contributed by atoms with E-state index in [1.165, 1.54) is 6.42 Å². The number of carbonyl (C=O) groups excluding carboxylic acids is 2. The number of hydrogen-bond donors (Lipinski definition) is 0. The van der Waals surface area contributed by atoms with E-state index < -0.39 is 0 Å². The maximum absolute atomic E-state index is 13.0. The van der Waals surface area contributed by atoms with E-state index in [2.05, 4.69) is 6.92 Å². The van der Waals surface area contributed by atoms with E-state index in [1.54, 1.807) is 16.2 Å². The molecule has 2 saturated heterocycles. The molecule has 0 saturated carbocycles. The summed E-state index contributed by atoms with van der Waals surface area (Å²) in [5, 5.41) is 2.02. The smallest absolute Gasteiger partial charge is 0.228 e. The normalized spacial score (nSPS) is 29.7. The van der Waals surface area contributed by atoms with Gasteiger partial charge in [-0.2, -0.15) is 0 Å². The van der Waals surface area contributed by atoms with Crippen LogP contribution < -0.4 is 0 Å². The summed E-state index contributed by atoms with van der Waals surface area (Å²) >= 11 is 1.64. The number of piperidine rings is 2. The van der Waals surface area contributed by atoms with E-state index >= 15 is 0 Å². The van der Waals surface area contributed by atoms with Gasteiger partial charge in [-0.1, -0.05) is 13.0 Å². The van der Waals surface area contributed by atoms with Crippen molar-refractivity contribution < 1.29 is 9.59 Å². The van der Waals surface area contributed by atoms with Gasteiger partial charge in [0.2, 0.25) is 11.8 Å². The first-order chi connectivity index (χ1) is 10.6. The Bertz CT molecular complexity index is 543. The van der Waals surface area contributed by atoms with Crippen LogP contribution in [0.25, 0.3) is 0 Å². The first kappa shape index (κ1) is 15.5. The average Bonchev–Trinajstić information content (AvgIpc) is 3.03. The van der Waals surface area contributed by atoms with E-state index in [0.29, 0.717) is 18.8 Å². The van der Waals surface area contributed by atoms with Gasteiger partial charge in [0, 0.05) is 31.4 Å². The molecular formula is C17H24N2O2S. The predicted octanol–water partition coefficient (Wildman–Crippen LogP) is 2.92. The van der Waals surface area contributed by atoms with Crippen LogP contribution >= 0.6 is 11.3 Å². The van der Waals surface area contributed by atoms with Crippen LogP contribution in [0.1, 0.15) is 43.5 Å². The van der Waals surface area contributed by atoms with Gasteiger partial charge in [-0.25, -0.2) is 0 Å². The summed E-state index contributed by atoms with van der Waals surface area (Å²) in [7, 11) is 1.84. The summed E-state index contributed by atoms with van der Waals surface area (Å²) in [5.41, 5.74) is 0. The van der Waals surface area contributed by atoms with Crippen LogP contribution in [0.3, 0.4) is 0 Å². The molecule has 22 heavy (non-hydrogen) atoms. The molecule has 4 nitrogen and oxygen atoms in total. The molecule has 0 aliphatic carbocycles. The van der Waals surface area contributed by atoms with Crippen molar-refractivity contribution in [3.63, 3.8) is 0 Å². The summed E-state index contributed by atoms with van der Waals surface area (Å²) in [6, 6.07) is 3.95. The first-order valence-corrected chi connectivity index (χ1v) is 9.03. The highest BCUT2D eigenvalue weighted by molar-refractivity contribution is 7.10. The third kappa shape index (κ3) is 2.91. The molecule has 0 unspecified atom stereocenters. The Morgan fingerprint density at radius 3 is 2.86 bits per heavy atom. The topological polar surface area (TPSA) is 40.6 Å². The molecule has 1 aromatic rings. The second-order valence-electron chi connectivity index (χ2n) is 6.64. The molecule has 1 aromatic heterocycles. The lowest BCUT2D eigenvalue weighted by Gasteiger charge is -2.41. The minimum Gasteiger partial charge on any atom is -0.342 e. The molecule has 0 N–H and O–H groups in total. The van der Waals surface area contributed by atoms with Gasteiger partial charge in [0.15, 0.2) is 0 Å². The first-order valence-electron chi connectivity index (χ1n) is 8.15. The summed E-state index contributed by atoms with van der Waals surface area (Å²) in [6.07, 6.45) is 3.47. The van der Waals surface area contributed by atoms with Crippen molar-refractivity contribution in [3.05, 3.63) is 22.4 Å². The number of thiophene rings is 1. The van der Waals surface area contributed by atoms with Crippen molar-refractivity contribution in [2.45, 2.75) is 38.6 Å². The number of likely N-dealkylation sites (tertiary alicyclic amines) is 2. The molecular weight excluding hydrogens is 296 g/mol. The maximum atomic E-state index is 13.0. The van der Waals surface area contributed by atoms with Gasteiger partial charge in [0.05, 0.1) is 12.0 Å². The molecule has 0 radical (unpaired) electrons. The van der Waals surface area contributed by atoms with Crippen LogP contribution in [-0.2, 0) is 9.59 Å². The van der Waals surface area contributed by atoms with Crippen LogP contribution in [0.15, 0.2) is 17.5 Å². The summed E-state index contributed by atoms with van der Waals surface area (Å²) in [6.45, 7) is 3.95. The zero-order chi connectivity index (χ0) is 15.7. The van der Waals surface area contributed by atoms with Crippen LogP contribution in [-0.4, -0.2) is 41.8 Å². The van der Waals surface area contributed by atoms with Gasteiger partial charge < -0.3 is 9.80 Å². The van der Waals surface area contributed by atoms with E-state index in [4.69, 9.17) is 0 Å². The lowest BCUT2D eigenvalue weighted by molar-refractivity contribution is -0.147. The fourth-order valence-electron chi connectivity index (χ4n) is 3.77. The van der Waals surface area contributed by atoms with Gasteiger partial charge in [-0.15, -0.1) is 11.3 Å². The van der Waals surface area contributed by atoms with Gasteiger partial charge in [0.25, 0.3) is 0 Å². The van der Waals surface area contributed by atoms with E-state index in [9.17, 15) is 9.59 Å². The summed E-state index contributed by atoms with van der Waals surface area (Å²) in [5.74, 6) is 0.881. The second kappa shape index (κ2) is 6.41. The van der Waals surface area contributed by atoms with E-state index in [0.717, 1.165) is 24.4 Å². The van der Waals surface area contributed by atoms with Crippen LogP contribution in [0.2, 0.25) is 0 Å². The molecule has 0 aromatic carbocycles. The third-order valence-electron chi connectivity index (χ3n) is 4.98. The molecule has 2 fully saturated rings. The zero-order valence-electron chi connectivity index (χ0n) is 13.3. The zero-order valence-corrected chi connectivity index (χ0v) is 14.1. The highest BCUT2D eigenvalue weighted by Crippen LogP contribution is 2.39. The lowest BCUT2D eigenvalue weighted by Crippen LogP contribution is -2.49. The Morgan fingerprint density at radius 1 is 1.36 bits per heavy atom. The standard InChI is InChI=1S/C17H24N2O2S/c1-12-5-3-9-19(11-12)17(21)13-7-8-15(20)18(2)16(13)14-6-4-10-22-14/h4,6,10,12-13,16H,3,5,7-9,11H2,1-2H3/t12-,13+,16-/m1/s1. The number of nitrogens with zero attached hydrogens (tertiary/aromatic N) is 2. The van der Waals surface area contributed by atoms with Crippen molar-refractivity contribution in [1.29, 1.82) is 0 Å². The third-order valence-corrected chi connectivity index (χ3v) is 5.92. The molecule has 0 bridgehead atoms. The van der Waals surface area contributed by atoms with Crippen LogP contribution in [0.5, 0.6) is 0 Å². The van der Waals surface area contributed by atoms with Gasteiger partial charge in [-0.05, 0) is 36.6 Å². The highest BCUT2D eigenvalue weighted by atomic mass is 32.1. The van der Waals surface area contributed by atoms with E-state index in [1.807, 2.05) is 29.5 Å². The van der Waals surface area contributed by atoms with Gasteiger partial charge in [-0.3, -0.25) is 9.59 Å². The minimum atomic E-state index is -0.0917. The Balaban J connectivity index is 1.83. The molecule has 2 aliphatic heterocycles. The lowest BCUT2D eigenvalue weighted by atomic mass is 9.86. The largest absolute Gasteiger partial charge is 0.342 e. The molecule has 2 aliphatic rings. The Labute approximate surface area is 136 Å². The molecule has 2 amide bonds. The van der Waals surface area contributed by atoms with Crippen LogP contribution in [0, 0.1) is 11.8 Å². The molecule has 120 valence electrons. The molecule has 3 rings (SSSR count). The van der Waals surface area contributed by atoms with Crippen molar-refractivity contribution in [3.8, 4) is 0 Å². The Kier molecular flexibility index (Phi) is 4.52. The minimum absolute atomic E-state index is 0.0911. The fourth-order valence-corrected chi connectivity index (χ4v) is 4.70. The van der Waals surface area contributed by atoms with Gasteiger partial charge >= 0.3 is 0 Å². The Hall–Kier alpha value is -1.36. The van der Waals surface area contributed by atoms with Crippen LogP contribution in [0.4, 0.5) is 0 Å². The molecule has 3 atom stereocenters. The SMILES string of the molecule is C[C@@H]1CCCN(C(=O)[C@H]2CCC(=O)N(C)[C@H]2c2cccs2)C1. The molecule has 0 spiro atoms. The number of hydrogen-bond acceptors (Lipinski definition) is 3. The summed E-state index contributed by atoms with van der Waals surface area (Å²) < 4.78 is 0. The summed E-state index contributed by atoms with van der Waals surface area (Å²) in [4.78, 5) is 30.1. The number of rotatable bonds is 2. The maximum Gasteiger partial charge on any atom is 0.228 e. The van der Waals surface area contributed by atoms with Gasteiger partial charge in [0.1, 0.15) is 0 Å². The quantitative estimate of drug-likeness (QED) is 0.840. The van der Waals surface area contributed by atoms with Crippen molar-refractivity contribution >= 4 is 23.2 Å². The molecule has 3 heterocycles. The monoisotopic (exact) mass is 320 g/mol. The second-order valence-corrected chi connectivity index (χ2v) is 7.62. The van der Waals surface area contributed by atoms with Crippen molar-refractivity contribution in [2.24, 2.45) is 11.8 Å². The number of amides is 2. The Morgan fingerprint density at radius 2 is 2.18 bits per heavy atom. The van der Waals surface area contributed by atoms with E-state index in [-0.39, 0.29) is 23.8 Å². The average molecular weight is 320 g/mol. The number of carbonyl (C=O) groups is 2.